The largest absolute Gasteiger partial charge is 0.367 e. The van der Waals surface area contributed by atoms with Crippen LogP contribution in [0.4, 0.5) is 5.69 Å². The van der Waals surface area contributed by atoms with Gasteiger partial charge in [-0.2, -0.15) is 0 Å². The van der Waals surface area contributed by atoms with Crippen molar-refractivity contribution in [1.82, 2.24) is 15.2 Å². The third kappa shape index (κ3) is 4.97. The highest BCUT2D eigenvalue weighted by atomic mass is 15.3. The lowest BCUT2D eigenvalue weighted by Gasteiger charge is -2.37. The lowest BCUT2D eigenvalue weighted by atomic mass is 10.1. The van der Waals surface area contributed by atoms with Crippen LogP contribution in [0.15, 0.2) is 18.5 Å². The molecule has 21 heavy (non-hydrogen) atoms. The zero-order valence-corrected chi connectivity index (χ0v) is 14.0. The second-order valence-electron chi connectivity index (χ2n) is 6.94. The highest BCUT2D eigenvalue weighted by Gasteiger charge is 2.19. The monoisotopic (exact) mass is 290 g/mol. The van der Waals surface area contributed by atoms with Crippen molar-refractivity contribution in [2.45, 2.75) is 46.2 Å². The number of nitrogens with zero attached hydrogens (tertiary/aromatic N) is 3. The fraction of sp³-hybridized carbons (Fsp3) is 0.706. The highest BCUT2D eigenvalue weighted by Crippen LogP contribution is 2.21. The molecule has 118 valence electrons. The van der Waals surface area contributed by atoms with Gasteiger partial charge in [0.25, 0.3) is 0 Å². The second kappa shape index (κ2) is 7.23. The Bertz CT molecular complexity index is 431. The summed E-state index contributed by atoms with van der Waals surface area (Å²) in [6, 6.07) is 2.15. The van der Waals surface area contributed by atoms with E-state index in [1.807, 2.05) is 12.4 Å². The normalized spacial score (nSPS) is 17.2. The van der Waals surface area contributed by atoms with Crippen LogP contribution in [-0.4, -0.2) is 48.1 Å². The van der Waals surface area contributed by atoms with Crippen molar-refractivity contribution in [3.05, 3.63) is 24.0 Å². The fourth-order valence-electron chi connectivity index (χ4n) is 2.74. The molecule has 1 fully saturated rings. The average molecular weight is 290 g/mol. The summed E-state index contributed by atoms with van der Waals surface area (Å²) in [5, 5.41) is 3.58. The van der Waals surface area contributed by atoms with E-state index in [4.69, 9.17) is 0 Å². The van der Waals surface area contributed by atoms with Crippen LogP contribution in [0.3, 0.4) is 0 Å². The molecule has 0 radical (unpaired) electrons. The van der Waals surface area contributed by atoms with E-state index < -0.39 is 0 Å². The molecule has 2 heterocycles. The van der Waals surface area contributed by atoms with Crippen molar-refractivity contribution < 1.29 is 0 Å². The van der Waals surface area contributed by atoms with Crippen LogP contribution in [0.5, 0.6) is 0 Å². The van der Waals surface area contributed by atoms with Crippen molar-refractivity contribution in [1.29, 1.82) is 0 Å². The van der Waals surface area contributed by atoms with Gasteiger partial charge in [0.05, 0.1) is 11.9 Å². The molecular weight excluding hydrogens is 260 g/mol. The summed E-state index contributed by atoms with van der Waals surface area (Å²) in [6.45, 7) is 15.5. The van der Waals surface area contributed by atoms with Crippen molar-refractivity contribution >= 4 is 5.69 Å². The van der Waals surface area contributed by atoms with Gasteiger partial charge in [-0.1, -0.05) is 6.92 Å². The lowest BCUT2D eigenvalue weighted by molar-refractivity contribution is 0.258. The Labute approximate surface area is 129 Å². The quantitative estimate of drug-likeness (QED) is 0.903. The number of rotatable bonds is 5. The zero-order valence-electron chi connectivity index (χ0n) is 14.0. The number of nitrogens with one attached hydrogen (secondary N) is 1. The van der Waals surface area contributed by atoms with Crippen molar-refractivity contribution in [2.75, 3.05) is 37.6 Å². The minimum atomic E-state index is 0.139. The van der Waals surface area contributed by atoms with E-state index in [2.05, 4.69) is 53.9 Å². The number of hydrogen-bond acceptors (Lipinski definition) is 4. The third-order valence-electron chi connectivity index (χ3n) is 3.95. The summed E-state index contributed by atoms with van der Waals surface area (Å²) in [4.78, 5) is 9.38. The number of piperazine rings is 1. The molecule has 0 aromatic carbocycles. The molecule has 0 unspecified atom stereocenters. The van der Waals surface area contributed by atoms with Crippen LogP contribution in [0.25, 0.3) is 0 Å². The van der Waals surface area contributed by atoms with Gasteiger partial charge in [-0.15, -0.1) is 0 Å². The van der Waals surface area contributed by atoms with E-state index in [0.29, 0.717) is 0 Å². The number of pyridine rings is 1. The minimum absolute atomic E-state index is 0.139. The maximum atomic E-state index is 4.34. The Balaban J connectivity index is 2.00. The number of hydrogen-bond donors (Lipinski definition) is 1. The third-order valence-corrected chi connectivity index (χ3v) is 3.95. The minimum Gasteiger partial charge on any atom is -0.367 e. The van der Waals surface area contributed by atoms with Crippen LogP contribution in [0, 0.1) is 0 Å². The van der Waals surface area contributed by atoms with Crippen LogP contribution < -0.4 is 10.2 Å². The first-order valence-electron chi connectivity index (χ1n) is 8.15. The number of anilines is 1. The topological polar surface area (TPSA) is 31.4 Å². The summed E-state index contributed by atoms with van der Waals surface area (Å²) < 4.78 is 0. The molecule has 0 atom stereocenters. The summed E-state index contributed by atoms with van der Waals surface area (Å²) >= 11 is 0. The van der Waals surface area contributed by atoms with Gasteiger partial charge < -0.3 is 10.2 Å². The molecular formula is C17H30N4. The molecule has 0 spiro atoms. The van der Waals surface area contributed by atoms with E-state index in [0.717, 1.165) is 32.7 Å². The van der Waals surface area contributed by atoms with E-state index in [-0.39, 0.29) is 5.54 Å². The molecule has 2 rings (SSSR count). The van der Waals surface area contributed by atoms with Gasteiger partial charge in [-0.25, -0.2) is 0 Å². The van der Waals surface area contributed by atoms with Gasteiger partial charge in [0, 0.05) is 44.5 Å². The Morgan fingerprint density at radius 2 is 1.90 bits per heavy atom. The molecule has 1 aromatic rings. The summed E-state index contributed by atoms with van der Waals surface area (Å²) in [6.07, 6.45) is 5.17. The van der Waals surface area contributed by atoms with Crippen molar-refractivity contribution in [3.8, 4) is 0 Å². The summed E-state index contributed by atoms with van der Waals surface area (Å²) in [7, 11) is 0. The molecule has 4 nitrogen and oxygen atoms in total. The Morgan fingerprint density at radius 3 is 2.52 bits per heavy atom. The smallest absolute Gasteiger partial charge is 0.0599 e. The molecule has 0 aliphatic carbocycles. The maximum absolute atomic E-state index is 4.34. The van der Waals surface area contributed by atoms with Crippen LogP contribution in [0.2, 0.25) is 0 Å². The first-order chi connectivity index (χ1) is 9.99. The molecule has 1 aliphatic heterocycles. The zero-order chi connectivity index (χ0) is 15.3. The van der Waals surface area contributed by atoms with Crippen LogP contribution in [-0.2, 0) is 6.54 Å². The van der Waals surface area contributed by atoms with Gasteiger partial charge >= 0.3 is 0 Å². The molecule has 4 heteroatoms. The van der Waals surface area contributed by atoms with Gasteiger partial charge in [0.15, 0.2) is 0 Å². The molecule has 1 saturated heterocycles. The van der Waals surface area contributed by atoms with E-state index >= 15 is 0 Å². The van der Waals surface area contributed by atoms with Gasteiger partial charge in [-0.05, 0) is 45.4 Å². The van der Waals surface area contributed by atoms with E-state index in [1.54, 1.807) is 0 Å². The average Bonchev–Trinajstić information content (AvgIpc) is 2.46. The first-order valence-corrected chi connectivity index (χ1v) is 8.15. The Morgan fingerprint density at radius 1 is 1.19 bits per heavy atom. The SMILES string of the molecule is CCCN1CCN(c2cnccc2CNC(C)(C)C)CC1. The second-order valence-corrected chi connectivity index (χ2v) is 6.94. The van der Waals surface area contributed by atoms with E-state index in [1.165, 1.54) is 24.2 Å². The highest BCUT2D eigenvalue weighted by molar-refractivity contribution is 5.52. The number of aromatic nitrogens is 1. The lowest BCUT2D eigenvalue weighted by Crippen LogP contribution is -2.47. The fourth-order valence-corrected chi connectivity index (χ4v) is 2.74. The van der Waals surface area contributed by atoms with Crippen LogP contribution >= 0.6 is 0 Å². The van der Waals surface area contributed by atoms with Gasteiger partial charge in [0.1, 0.15) is 0 Å². The molecule has 0 bridgehead atoms. The Kier molecular flexibility index (Phi) is 5.59. The summed E-state index contributed by atoms with van der Waals surface area (Å²) in [5.41, 5.74) is 2.79. The van der Waals surface area contributed by atoms with E-state index in [9.17, 15) is 0 Å². The van der Waals surface area contributed by atoms with Crippen molar-refractivity contribution in [3.63, 3.8) is 0 Å². The molecule has 1 N–H and O–H groups in total. The summed E-state index contributed by atoms with van der Waals surface area (Å²) in [5.74, 6) is 0. The molecule has 0 saturated carbocycles. The van der Waals surface area contributed by atoms with Gasteiger partial charge in [0.2, 0.25) is 0 Å². The predicted molar refractivity (Wildman–Crippen MR) is 89.8 cm³/mol. The standard InChI is InChI=1S/C17H30N4/c1-5-8-20-9-11-21(12-10-20)16-14-18-7-6-15(16)13-19-17(2,3)4/h6-7,14,19H,5,8-13H2,1-4H3. The molecule has 0 amide bonds. The van der Waals surface area contributed by atoms with Crippen molar-refractivity contribution in [2.24, 2.45) is 0 Å². The first kappa shape index (κ1) is 16.2. The Hall–Kier alpha value is -1.13. The molecule has 1 aliphatic rings. The predicted octanol–water partition coefficient (Wildman–Crippen LogP) is 2.50. The van der Waals surface area contributed by atoms with Crippen LogP contribution in [0.1, 0.15) is 39.7 Å². The van der Waals surface area contributed by atoms with Gasteiger partial charge in [-0.3, -0.25) is 9.88 Å². The molecule has 1 aromatic heterocycles. The maximum Gasteiger partial charge on any atom is 0.0599 e.